The number of aromatic nitrogens is 4. The van der Waals surface area contributed by atoms with Crippen LogP contribution in [-0.4, -0.2) is 32.3 Å². The lowest BCUT2D eigenvalue weighted by atomic mass is 10.2. The van der Waals surface area contributed by atoms with Gasteiger partial charge in [0.15, 0.2) is 0 Å². The molecule has 0 aromatic carbocycles. The van der Waals surface area contributed by atoms with Crippen molar-refractivity contribution in [2.45, 2.75) is 33.7 Å². The van der Waals surface area contributed by atoms with E-state index in [4.69, 9.17) is 4.74 Å². The Kier molecular flexibility index (Phi) is 4.52. The van der Waals surface area contributed by atoms with E-state index >= 15 is 0 Å². The third-order valence-electron chi connectivity index (χ3n) is 3.07. The van der Waals surface area contributed by atoms with Gasteiger partial charge < -0.3 is 10.1 Å². The molecule has 2 rings (SSSR count). The molecule has 2 aromatic heterocycles. The summed E-state index contributed by atoms with van der Waals surface area (Å²) in [5.74, 6) is -0.169. The third-order valence-corrected chi connectivity index (χ3v) is 3.07. The van der Waals surface area contributed by atoms with Gasteiger partial charge in [-0.25, -0.2) is 0 Å². The van der Waals surface area contributed by atoms with Crippen LogP contribution >= 0.6 is 0 Å². The average molecular weight is 289 g/mol. The van der Waals surface area contributed by atoms with Gasteiger partial charge in [-0.1, -0.05) is 0 Å². The van der Waals surface area contributed by atoms with E-state index in [0.29, 0.717) is 29.7 Å². The van der Waals surface area contributed by atoms with Gasteiger partial charge in [0.25, 0.3) is 0 Å². The minimum Gasteiger partial charge on any atom is -0.464 e. The molecule has 0 aliphatic carbocycles. The van der Waals surface area contributed by atoms with Gasteiger partial charge in [-0.15, -0.1) is 0 Å². The lowest BCUT2D eigenvalue weighted by Crippen LogP contribution is -2.25. The lowest BCUT2D eigenvalue weighted by Gasteiger charge is -2.15. The molecule has 2 heterocycles. The highest BCUT2D eigenvalue weighted by Crippen LogP contribution is 2.20. The van der Waals surface area contributed by atoms with Crippen LogP contribution in [-0.2, 0) is 4.79 Å². The number of hydrogen-bond donors (Lipinski definition) is 1. The molecule has 112 valence electrons. The number of rotatable bonds is 5. The maximum Gasteiger partial charge on any atom is 0.316 e. The first kappa shape index (κ1) is 15.0. The first-order valence-electron chi connectivity index (χ1n) is 6.81. The molecule has 7 nitrogen and oxygen atoms in total. The van der Waals surface area contributed by atoms with Crippen LogP contribution in [0.2, 0.25) is 0 Å². The Bertz CT molecular complexity index is 601. The van der Waals surface area contributed by atoms with Gasteiger partial charge >= 0.3 is 6.01 Å². The summed E-state index contributed by atoms with van der Waals surface area (Å²) in [6, 6.07) is 1.69. The van der Waals surface area contributed by atoms with Gasteiger partial charge in [0.2, 0.25) is 5.91 Å². The van der Waals surface area contributed by atoms with Crippen LogP contribution in [0.1, 0.15) is 31.3 Å². The fraction of sp³-hybridized carbons (Fsp3) is 0.429. The Balaban J connectivity index is 2.17. The molecule has 0 radical (unpaired) electrons. The Morgan fingerprint density at radius 3 is 2.57 bits per heavy atom. The van der Waals surface area contributed by atoms with Crippen LogP contribution in [0.25, 0.3) is 0 Å². The molecule has 0 bridgehead atoms. The zero-order chi connectivity index (χ0) is 15.4. The number of anilines is 1. The maximum atomic E-state index is 12.3. The van der Waals surface area contributed by atoms with Crippen LogP contribution < -0.4 is 10.1 Å². The van der Waals surface area contributed by atoms with Crippen molar-refractivity contribution >= 4 is 11.6 Å². The van der Waals surface area contributed by atoms with Crippen molar-refractivity contribution in [2.24, 2.45) is 0 Å². The smallest absolute Gasteiger partial charge is 0.316 e. The summed E-state index contributed by atoms with van der Waals surface area (Å²) in [4.78, 5) is 20.7. The summed E-state index contributed by atoms with van der Waals surface area (Å²) < 4.78 is 6.88. The maximum absolute atomic E-state index is 12.3. The van der Waals surface area contributed by atoms with Crippen molar-refractivity contribution in [3.8, 4) is 6.01 Å². The lowest BCUT2D eigenvalue weighted by molar-refractivity contribution is -0.119. The van der Waals surface area contributed by atoms with Crippen molar-refractivity contribution in [3.05, 3.63) is 29.8 Å². The standard InChI is InChI=1S/C14H19N5O2/c1-5-21-14-16-9(2)12(10(3)17-14)18-13(20)11(4)19-8-6-7-15-19/h6-8,11H,5H2,1-4H3,(H,18,20). The molecular weight excluding hydrogens is 270 g/mol. The fourth-order valence-corrected chi connectivity index (χ4v) is 1.92. The number of aryl methyl sites for hydroxylation is 2. The molecule has 1 atom stereocenters. The van der Waals surface area contributed by atoms with E-state index < -0.39 is 6.04 Å². The first-order valence-corrected chi connectivity index (χ1v) is 6.81. The SMILES string of the molecule is CCOc1nc(C)c(NC(=O)C(C)n2cccn2)c(C)n1. The van der Waals surface area contributed by atoms with Crippen LogP contribution in [0.4, 0.5) is 5.69 Å². The van der Waals surface area contributed by atoms with Crippen molar-refractivity contribution in [1.82, 2.24) is 19.7 Å². The van der Waals surface area contributed by atoms with Crippen LogP contribution in [0, 0.1) is 13.8 Å². The average Bonchev–Trinajstić information content (AvgIpc) is 2.96. The molecule has 0 aliphatic rings. The monoisotopic (exact) mass is 289 g/mol. The van der Waals surface area contributed by atoms with Crippen molar-refractivity contribution in [3.63, 3.8) is 0 Å². The summed E-state index contributed by atoms with van der Waals surface area (Å²) in [5, 5.41) is 6.92. The van der Waals surface area contributed by atoms with E-state index in [1.54, 1.807) is 30.1 Å². The number of hydrogen-bond acceptors (Lipinski definition) is 5. The number of nitrogens with one attached hydrogen (secondary N) is 1. The zero-order valence-electron chi connectivity index (χ0n) is 12.6. The first-order chi connectivity index (χ1) is 10.0. The molecule has 1 N–H and O–H groups in total. The van der Waals surface area contributed by atoms with E-state index in [1.165, 1.54) is 0 Å². The molecular formula is C14H19N5O2. The van der Waals surface area contributed by atoms with Gasteiger partial charge in [-0.05, 0) is 33.8 Å². The predicted octanol–water partition coefficient (Wildman–Crippen LogP) is 1.89. The fourth-order valence-electron chi connectivity index (χ4n) is 1.92. The minimum absolute atomic E-state index is 0.169. The second-order valence-corrected chi connectivity index (χ2v) is 4.64. The molecule has 0 fully saturated rings. The van der Waals surface area contributed by atoms with E-state index in [1.807, 2.05) is 20.8 Å². The van der Waals surface area contributed by atoms with Crippen LogP contribution in [0.15, 0.2) is 18.5 Å². The Morgan fingerprint density at radius 1 is 1.38 bits per heavy atom. The molecule has 1 amide bonds. The van der Waals surface area contributed by atoms with E-state index in [0.717, 1.165) is 0 Å². The summed E-state index contributed by atoms with van der Waals surface area (Å²) in [5.41, 5.74) is 1.96. The third kappa shape index (κ3) is 3.36. The summed E-state index contributed by atoms with van der Waals surface area (Å²) in [7, 11) is 0. The van der Waals surface area contributed by atoms with Gasteiger partial charge in [-0.3, -0.25) is 9.48 Å². The number of amides is 1. The van der Waals surface area contributed by atoms with Gasteiger partial charge in [-0.2, -0.15) is 15.1 Å². The normalized spacial score (nSPS) is 12.0. The molecule has 0 saturated carbocycles. The van der Waals surface area contributed by atoms with Gasteiger partial charge in [0.1, 0.15) is 6.04 Å². The zero-order valence-corrected chi connectivity index (χ0v) is 12.6. The van der Waals surface area contributed by atoms with Gasteiger partial charge in [0, 0.05) is 12.4 Å². The minimum atomic E-state index is -0.412. The highest BCUT2D eigenvalue weighted by Gasteiger charge is 2.18. The van der Waals surface area contributed by atoms with E-state index in [-0.39, 0.29) is 5.91 Å². The Hall–Kier alpha value is -2.44. The number of ether oxygens (including phenoxy) is 1. The van der Waals surface area contributed by atoms with Crippen molar-refractivity contribution < 1.29 is 9.53 Å². The second-order valence-electron chi connectivity index (χ2n) is 4.64. The molecule has 0 saturated heterocycles. The second kappa shape index (κ2) is 6.34. The quantitative estimate of drug-likeness (QED) is 0.909. The predicted molar refractivity (Wildman–Crippen MR) is 78.2 cm³/mol. The number of nitrogens with zero attached hydrogens (tertiary/aromatic N) is 4. The van der Waals surface area contributed by atoms with Crippen LogP contribution in [0.5, 0.6) is 6.01 Å². The van der Waals surface area contributed by atoms with Crippen molar-refractivity contribution in [2.75, 3.05) is 11.9 Å². The molecule has 0 spiro atoms. The van der Waals surface area contributed by atoms with E-state index in [2.05, 4.69) is 20.4 Å². The topological polar surface area (TPSA) is 81.9 Å². The highest BCUT2D eigenvalue weighted by atomic mass is 16.5. The van der Waals surface area contributed by atoms with Crippen LogP contribution in [0.3, 0.4) is 0 Å². The Labute approximate surface area is 123 Å². The Morgan fingerprint density at radius 2 is 2.05 bits per heavy atom. The molecule has 1 unspecified atom stereocenters. The molecule has 2 aromatic rings. The summed E-state index contributed by atoms with van der Waals surface area (Å²) >= 11 is 0. The highest BCUT2D eigenvalue weighted by molar-refractivity contribution is 5.94. The molecule has 7 heteroatoms. The molecule has 0 aliphatic heterocycles. The number of carbonyl (C=O) groups is 1. The summed E-state index contributed by atoms with van der Waals surface area (Å²) in [6.45, 7) is 7.77. The largest absolute Gasteiger partial charge is 0.464 e. The van der Waals surface area contributed by atoms with Crippen molar-refractivity contribution in [1.29, 1.82) is 0 Å². The number of carbonyl (C=O) groups excluding carboxylic acids is 1. The van der Waals surface area contributed by atoms with E-state index in [9.17, 15) is 4.79 Å². The summed E-state index contributed by atoms with van der Waals surface area (Å²) in [6.07, 6.45) is 3.39. The molecule has 21 heavy (non-hydrogen) atoms. The van der Waals surface area contributed by atoms with Gasteiger partial charge in [0.05, 0.1) is 23.7 Å².